The van der Waals surface area contributed by atoms with E-state index in [2.05, 4.69) is 5.32 Å². The Morgan fingerprint density at radius 3 is 1.94 bits per heavy atom. The van der Waals surface area contributed by atoms with Crippen molar-refractivity contribution in [3.63, 3.8) is 0 Å². The first-order chi connectivity index (χ1) is 7.05. The van der Waals surface area contributed by atoms with Gasteiger partial charge in [-0.2, -0.15) is 0 Å². The van der Waals surface area contributed by atoms with Crippen LogP contribution in [0.5, 0.6) is 0 Å². The summed E-state index contributed by atoms with van der Waals surface area (Å²) in [6.07, 6.45) is 0. The second-order valence-corrected chi connectivity index (χ2v) is 5.80. The molecule has 0 aliphatic heterocycles. The minimum atomic E-state index is -0.464. The molecule has 0 aliphatic rings. The Morgan fingerprint density at radius 2 is 1.62 bits per heavy atom. The van der Waals surface area contributed by atoms with E-state index in [0.29, 0.717) is 6.61 Å². The summed E-state index contributed by atoms with van der Waals surface area (Å²) in [7, 11) is 1.72. The third kappa shape index (κ3) is 7.65. The quantitative estimate of drug-likeness (QED) is 0.749. The van der Waals surface area contributed by atoms with Gasteiger partial charge in [-0.1, -0.05) is 0 Å². The molecule has 1 atom stereocenters. The van der Waals surface area contributed by atoms with Gasteiger partial charge < -0.3 is 14.8 Å². The number of hydrogen-bond donors (Lipinski definition) is 1. The van der Waals surface area contributed by atoms with Crippen LogP contribution >= 0.6 is 0 Å². The second-order valence-electron chi connectivity index (χ2n) is 5.80. The molecule has 0 saturated heterocycles. The molecule has 96 valence electrons. The fraction of sp³-hybridized carbons (Fsp3) is 0.917. The fourth-order valence-corrected chi connectivity index (χ4v) is 0.975. The van der Waals surface area contributed by atoms with Crippen LogP contribution < -0.4 is 5.32 Å². The van der Waals surface area contributed by atoms with Crippen molar-refractivity contribution in [3.05, 3.63) is 0 Å². The first-order valence-corrected chi connectivity index (χ1v) is 5.59. The van der Waals surface area contributed by atoms with E-state index in [1.165, 1.54) is 0 Å². The van der Waals surface area contributed by atoms with Crippen LogP contribution in [0.4, 0.5) is 0 Å². The van der Waals surface area contributed by atoms with Crippen molar-refractivity contribution in [1.82, 2.24) is 5.32 Å². The Hall–Kier alpha value is -0.610. The summed E-state index contributed by atoms with van der Waals surface area (Å²) in [5.74, 6) is -0.278. The largest absolute Gasteiger partial charge is 0.459 e. The van der Waals surface area contributed by atoms with Gasteiger partial charge >= 0.3 is 5.97 Å². The van der Waals surface area contributed by atoms with Gasteiger partial charge in [0.15, 0.2) is 0 Å². The van der Waals surface area contributed by atoms with Crippen LogP contribution in [0.1, 0.15) is 41.5 Å². The third-order valence-corrected chi connectivity index (χ3v) is 1.72. The Bertz CT molecular complexity index is 225. The molecule has 0 fully saturated rings. The van der Waals surface area contributed by atoms with Crippen LogP contribution in [-0.4, -0.2) is 36.9 Å². The highest BCUT2D eigenvalue weighted by molar-refractivity contribution is 5.76. The molecular formula is C12H25NO3. The molecule has 0 heterocycles. The predicted octanol–water partition coefficient (Wildman–Crippen LogP) is 1.73. The summed E-state index contributed by atoms with van der Waals surface area (Å²) < 4.78 is 10.8. The van der Waals surface area contributed by atoms with Crippen molar-refractivity contribution in [1.29, 1.82) is 0 Å². The number of carbonyl (C=O) groups is 1. The molecule has 0 aromatic heterocycles. The van der Waals surface area contributed by atoms with E-state index >= 15 is 0 Å². The summed E-state index contributed by atoms with van der Waals surface area (Å²) in [5.41, 5.74) is -0.717. The molecule has 0 aliphatic carbocycles. The Labute approximate surface area is 98.7 Å². The van der Waals surface area contributed by atoms with E-state index in [0.717, 1.165) is 0 Å². The minimum Gasteiger partial charge on any atom is -0.459 e. The molecule has 16 heavy (non-hydrogen) atoms. The van der Waals surface area contributed by atoms with Crippen LogP contribution in [0.3, 0.4) is 0 Å². The SMILES string of the molecule is CN[C@@H](COC(C)(C)C)C(=O)OC(C)(C)C. The lowest BCUT2D eigenvalue weighted by molar-refractivity contribution is -0.160. The maximum Gasteiger partial charge on any atom is 0.326 e. The van der Waals surface area contributed by atoms with Crippen molar-refractivity contribution < 1.29 is 14.3 Å². The number of ether oxygens (including phenoxy) is 2. The van der Waals surface area contributed by atoms with Gasteiger partial charge in [0.05, 0.1) is 12.2 Å². The average molecular weight is 231 g/mol. The van der Waals surface area contributed by atoms with Gasteiger partial charge in [0.25, 0.3) is 0 Å². The van der Waals surface area contributed by atoms with E-state index in [4.69, 9.17) is 9.47 Å². The second kappa shape index (κ2) is 5.64. The van der Waals surface area contributed by atoms with Crippen molar-refractivity contribution in [2.24, 2.45) is 0 Å². The lowest BCUT2D eigenvalue weighted by atomic mass is 10.2. The van der Waals surface area contributed by atoms with Crippen molar-refractivity contribution in [2.45, 2.75) is 58.8 Å². The molecule has 0 spiro atoms. The molecule has 0 radical (unpaired) electrons. The summed E-state index contributed by atoms with van der Waals surface area (Å²) in [5, 5.41) is 2.90. The molecule has 0 unspecified atom stereocenters. The highest BCUT2D eigenvalue weighted by atomic mass is 16.6. The van der Waals surface area contributed by atoms with E-state index < -0.39 is 11.6 Å². The van der Waals surface area contributed by atoms with Crippen LogP contribution in [0.2, 0.25) is 0 Å². The van der Waals surface area contributed by atoms with E-state index in [9.17, 15) is 4.79 Å². The number of carbonyl (C=O) groups excluding carboxylic acids is 1. The van der Waals surface area contributed by atoms with Crippen LogP contribution in [-0.2, 0) is 14.3 Å². The Kier molecular flexibility index (Phi) is 5.42. The van der Waals surface area contributed by atoms with Gasteiger partial charge in [-0.15, -0.1) is 0 Å². The first kappa shape index (κ1) is 15.4. The molecule has 0 bridgehead atoms. The summed E-state index contributed by atoms with van der Waals surface area (Å²) in [4.78, 5) is 11.7. The van der Waals surface area contributed by atoms with Gasteiger partial charge in [-0.05, 0) is 48.6 Å². The van der Waals surface area contributed by atoms with E-state index in [1.807, 2.05) is 41.5 Å². The number of hydrogen-bond acceptors (Lipinski definition) is 4. The topological polar surface area (TPSA) is 47.6 Å². The first-order valence-electron chi connectivity index (χ1n) is 5.59. The number of rotatable bonds is 4. The number of likely N-dealkylation sites (N-methyl/N-ethyl adjacent to an activating group) is 1. The Balaban J connectivity index is 4.23. The molecular weight excluding hydrogens is 206 g/mol. The number of esters is 1. The smallest absolute Gasteiger partial charge is 0.326 e. The van der Waals surface area contributed by atoms with Crippen LogP contribution in [0.15, 0.2) is 0 Å². The van der Waals surface area contributed by atoms with Gasteiger partial charge in [-0.25, -0.2) is 0 Å². The molecule has 4 nitrogen and oxygen atoms in total. The van der Waals surface area contributed by atoms with Crippen molar-refractivity contribution in [3.8, 4) is 0 Å². The molecule has 0 aromatic rings. The fourth-order valence-electron chi connectivity index (χ4n) is 0.975. The normalized spacial score (nSPS) is 14.7. The monoisotopic (exact) mass is 231 g/mol. The highest BCUT2D eigenvalue weighted by Gasteiger charge is 2.25. The molecule has 1 N–H and O–H groups in total. The zero-order chi connectivity index (χ0) is 13.0. The molecule has 0 aromatic carbocycles. The maximum atomic E-state index is 11.7. The molecule has 0 rings (SSSR count). The summed E-state index contributed by atoms with van der Waals surface area (Å²) in [6.45, 7) is 11.7. The van der Waals surface area contributed by atoms with E-state index in [1.54, 1.807) is 7.05 Å². The van der Waals surface area contributed by atoms with Gasteiger partial charge in [0, 0.05) is 0 Å². The molecule has 4 heteroatoms. The third-order valence-electron chi connectivity index (χ3n) is 1.72. The Morgan fingerprint density at radius 1 is 1.12 bits per heavy atom. The zero-order valence-electron chi connectivity index (χ0n) is 11.5. The summed E-state index contributed by atoms with van der Waals surface area (Å²) >= 11 is 0. The van der Waals surface area contributed by atoms with Gasteiger partial charge in [-0.3, -0.25) is 4.79 Å². The van der Waals surface area contributed by atoms with Gasteiger partial charge in [0.1, 0.15) is 11.6 Å². The van der Waals surface area contributed by atoms with Crippen molar-refractivity contribution >= 4 is 5.97 Å². The zero-order valence-corrected chi connectivity index (χ0v) is 11.5. The lowest BCUT2D eigenvalue weighted by Crippen LogP contribution is -2.44. The van der Waals surface area contributed by atoms with Crippen LogP contribution in [0.25, 0.3) is 0 Å². The lowest BCUT2D eigenvalue weighted by Gasteiger charge is -2.26. The average Bonchev–Trinajstić information content (AvgIpc) is 1.99. The standard InChI is InChI=1S/C12H25NO3/c1-11(2,3)15-8-9(13-7)10(14)16-12(4,5)6/h9,13H,8H2,1-7H3/t9-/m0/s1. The van der Waals surface area contributed by atoms with Crippen LogP contribution in [0, 0.1) is 0 Å². The molecule has 0 amide bonds. The summed E-state index contributed by atoms with van der Waals surface area (Å²) in [6, 6.07) is -0.418. The van der Waals surface area contributed by atoms with Gasteiger partial charge in [0.2, 0.25) is 0 Å². The minimum absolute atomic E-state index is 0.253. The maximum absolute atomic E-state index is 11.7. The predicted molar refractivity (Wildman–Crippen MR) is 64.4 cm³/mol. The highest BCUT2D eigenvalue weighted by Crippen LogP contribution is 2.11. The van der Waals surface area contributed by atoms with Crippen molar-refractivity contribution in [2.75, 3.05) is 13.7 Å². The van der Waals surface area contributed by atoms with E-state index in [-0.39, 0.29) is 11.6 Å². The molecule has 0 saturated carbocycles. The number of nitrogens with one attached hydrogen (secondary N) is 1.